The Kier molecular flexibility index (Phi) is 7.53. The molecule has 0 aliphatic carbocycles. The number of nitrogens with zero attached hydrogens (tertiary/aromatic N) is 6. The Morgan fingerprint density at radius 1 is 1.08 bits per heavy atom. The number of carbonyl (C=O) groups is 1. The number of aromatic nitrogens is 6. The van der Waals surface area contributed by atoms with Gasteiger partial charge in [0, 0.05) is 31.1 Å². The molecule has 0 atom stereocenters. The first-order valence-electron chi connectivity index (χ1n) is 11.9. The predicted octanol–water partition coefficient (Wildman–Crippen LogP) is 3.37. The van der Waals surface area contributed by atoms with Crippen LogP contribution in [0, 0.1) is 13.8 Å². The van der Waals surface area contributed by atoms with E-state index in [1.165, 1.54) is 6.20 Å². The molecule has 0 aliphatic heterocycles. The number of para-hydroxylation sites is 1. The summed E-state index contributed by atoms with van der Waals surface area (Å²) in [5.41, 5.74) is 1.96. The van der Waals surface area contributed by atoms with Gasteiger partial charge in [0.2, 0.25) is 0 Å². The third-order valence-electron chi connectivity index (χ3n) is 5.41. The lowest BCUT2D eigenvalue weighted by Crippen LogP contribution is -2.26. The highest BCUT2D eigenvalue weighted by Crippen LogP contribution is 2.37. The Bertz CT molecular complexity index is 1440. The van der Waals surface area contributed by atoms with Crippen LogP contribution in [0.2, 0.25) is 0 Å². The van der Waals surface area contributed by atoms with Gasteiger partial charge in [-0.05, 0) is 39.8 Å². The number of methoxy groups -OCH3 is 1. The second kappa shape index (κ2) is 10.8. The maximum atomic E-state index is 12.6. The molecule has 12 heteroatoms. The highest BCUT2D eigenvalue weighted by atomic mass is 16.5. The molecule has 1 amide bonds. The summed E-state index contributed by atoms with van der Waals surface area (Å²) in [4.78, 5) is 30.1. The largest absolute Gasteiger partial charge is 0.494 e. The highest BCUT2D eigenvalue weighted by molar-refractivity contribution is 6.00. The molecule has 0 unspecified atom stereocenters. The van der Waals surface area contributed by atoms with E-state index in [2.05, 4.69) is 41.0 Å². The minimum Gasteiger partial charge on any atom is -0.494 e. The van der Waals surface area contributed by atoms with Crippen molar-refractivity contribution in [2.45, 2.75) is 39.8 Å². The number of carbonyl (C=O) groups excluding carboxylic acids is 1. The van der Waals surface area contributed by atoms with Gasteiger partial charge < -0.3 is 25.8 Å². The van der Waals surface area contributed by atoms with Crippen LogP contribution in [0.1, 0.15) is 35.7 Å². The molecule has 3 heterocycles. The number of anilines is 4. The van der Waals surface area contributed by atoms with Gasteiger partial charge in [-0.2, -0.15) is 5.10 Å². The smallest absolute Gasteiger partial charge is 0.254 e. The number of rotatable bonds is 9. The first-order chi connectivity index (χ1) is 18.1. The van der Waals surface area contributed by atoms with Gasteiger partial charge in [0.15, 0.2) is 11.6 Å². The quantitative estimate of drug-likeness (QED) is 0.260. The van der Waals surface area contributed by atoms with E-state index in [0.717, 1.165) is 5.69 Å². The van der Waals surface area contributed by atoms with Crippen LogP contribution in [0.25, 0.3) is 11.4 Å². The number of hydrogen-bond acceptors (Lipinski definition) is 10. The van der Waals surface area contributed by atoms with E-state index in [4.69, 9.17) is 4.74 Å². The molecule has 0 radical (unpaired) electrons. The van der Waals surface area contributed by atoms with E-state index in [0.29, 0.717) is 51.5 Å². The summed E-state index contributed by atoms with van der Waals surface area (Å²) in [5.74, 6) is 2.33. The van der Waals surface area contributed by atoms with Crippen LogP contribution in [0.15, 0.2) is 42.9 Å². The molecule has 0 spiro atoms. The van der Waals surface area contributed by atoms with Gasteiger partial charge in [0.1, 0.15) is 23.8 Å². The SMILES string of the molecule is CNC(=O)c1cnc(Nc2cc(C)nc(C)n2)cc1Nc1cccc(-c2ncn(CC(C)(C)O)n2)c1OC. The summed E-state index contributed by atoms with van der Waals surface area (Å²) in [5, 5.41) is 23.7. The van der Waals surface area contributed by atoms with Crippen molar-refractivity contribution >= 4 is 28.9 Å². The second-order valence-corrected chi connectivity index (χ2v) is 9.35. The van der Waals surface area contributed by atoms with Gasteiger partial charge in [0.25, 0.3) is 5.91 Å². The number of ether oxygens (including phenoxy) is 1. The van der Waals surface area contributed by atoms with Crippen molar-refractivity contribution in [3.05, 3.63) is 59.9 Å². The van der Waals surface area contributed by atoms with Crippen molar-refractivity contribution < 1.29 is 14.6 Å². The number of aliphatic hydroxyl groups is 1. The minimum atomic E-state index is -0.940. The Morgan fingerprint density at radius 3 is 2.55 bits per heavy atom. The lowest BCUT2D eigenvalue weighted by molar-refractivity contribution is 0.0577. The normalized spacial score (nSPS) is 11.2. The average Bonchev–Trinajstić information content (AvgIpc) is 3.29. The van der Waals surface area contributed by atoms with Crippen molar-refractivity contribution in [2.75, 3.05) is 24.8 Å². The van der Waals surface area contributed by atoms with Crippen LogP contribution in [0.3, 0.4) is 0 Å². The second-order valence-electron chi connectivity index (χ2n) is 9.35. The van der Waals surface area contributed by atoms with Gasteiger partial charge in [-0.25, -0.2) is 24.6 Å². The molecule has 0 fully saturated rings. The zero-order valence-electron chi connectivity index (χ0n) is 22.2. The molecule has 0 saturated heterocycles. The van der Waals surface area contributed by atoms with Gasteiger partial charge in [0.05, 0.1) is 41.8 Å². The zero-order valence-corrected chi connectivity index (χ0v) is 22.2. The Balaban J connectivity index is 1.70. The fourth-order valence-corrected chi connectivity index (χ4v) is 3.92. The Labute approximate surface area is 220 Å². The minimum absolute atomic E-state index is 0.286. The summed E-state index contributed by atoms with van der Waals surface area (Å²) >= 11 is 0. The van der Waals surface area contributed by atoms with Crippen molar-refractivity contribution in [1.82, 2.24) is 35.0 Å². The van der Waals surface area contributed by atoms with Crippen molar-refractivity contribution in [2.24, 2.45) is 0 Å². The van der Waals surface area contributed by atoms with Crippen LogP contribution < -0.4 is 20.7 Å². The third-order valence-corrected chi connectivity index (χ3v) is 5.41. The monoisotopic (exact) mass is 517 g/mol. The van der Waals surface area contributed by atoms with Gasteiger partial charge in [-0.15, -0.1) is 0 Å². The fourth-order valence-electron chi connectivity index (χ4n) is 3.92. The number of hydrogen-bond donors (Lipinski definition) is 4. The van der Waals surface area contributed by atoms with E-state index >= 15 is 0 Å². The molecule has 1 aromatic carbocycles. The number of aryl methyl sites for hydroxylation is 2. The molecule has 12 nitrogen and oxygen atoms in total. The van der Waals surface area contributed by atoms with Crippen molar-refractivity contribution in [3.63, 3.8) is 0 Å². The molecular formula is C26H31N9O3. The maximum Gasteiger partial charge on any atom is 0.254 e. The lowest BCUT2D eigenvalue weighted by Gasteiger charge is -2.17. The summed E-state index contributed by atoms with van der Waals surface area (Å²) in [6, 6.07) is 9.04. The van der Waals surface area contributed by atoms with Crippen LogP contribution in [0.5, 0.6) is 5.75 Å². The molecule has 4 N–H and O–H groups in total. The maximum absolute atomic E-state index is 12.6. The number of benzene rings is 1. The summed E-state index contributed by atoms with van der Waals surface area (Å²) < 4.78 is 7.32. The molecule has 38 heavy (non-hydrogen) atoms. The summed E-state index contributed by atoms with van der Waals surface area (Å²) in [6.45, 7) is 7.39. The van der Waals surface area contributed by atoms with Crippen LogP contribution in [-0.2, 0) is 6.54 Å². The summed E-state index contributed by atoms with van der Waals surface area (Å²) in [7, 11) is 3.11. The van der Waals surface area contributed by atoms with E-state index in [9.17, 15) is 9.90 Å². The predicted molar refractivity (Wildman–Crippen MR) is 144 cm³/mol. The molecule has 0 bridgehead atoms. The van der Waals surface area contributed by atoms with Crippen molar-refractivity contribution in [3.8, 4) is 17.1 Å². The molecule has 0 saturated carbocycles. The molecule has 3 aromatic heterocycles. The molecular weight excluding hydrogens is 486 g/mol. The third kappa shape index (κ3) is 6.21. The molecule has 4 rings (SSSR count). The van der Waals surface area contributed by atoms with Gasteiger partial charge in [-0.3, -0.25) is 4.79 Å². The molecule has 198 valence electrons. The number of amides is 1. The first-order valence-corrected chi connectivity index (χ1v) is 11.9. The van der Waals surface area contributed by atoms with Crippen LogP contribution in [-0.4, -0.2) is 60.5 Å². The van der Waals surface area contributed by atoms with E-state index in [1.807, 2.05) is 38.1 Å². The lowest BCUT2D eigenvalue weighted by atomic mass is 10.1. The van der Waals surface area contributed by atoms with E-state index < -0.39 is 5.60 Å². The number of pyridine rings is 1. The zero-order chi connectivity index (χ0) is 27.4. The summed E-state index contributed by atoms with van der Waals surface area (Å²) in [6.07, 6.45) is 3.05. The standard InChI is InChI=1S/C26H31N9O3/c1-15-10-22(31-16(2)30-15)33-21-11-20(18(12-28-21)25(36)27-5)32-19-9-7-8-17(23(19)38-6)24-29-14-35(34-24)13-26(3,4)37/h7-12,14,37H,13H2,1-6H3,(H,27,36)(H2,28,30,31,32,33). The van der Waals surface area contributed by atoms with Gasteiger partial charge >= 0.3 is 0 Å². The van der Waals surface area contributed by atoms with E-state index in [1.54, 1.807) is 45.1 Å². The number of nitrogens with one attached hydrogen (secondary N) is 3. The topological polar surface area (TPSA) is 152 Å². The Morgan fingerprint density at radius 2 is 1.87 bits per heavy atom. The van der Waals surface area contributed by atoms with Crippen molar-refractivity contribution in [1.29, 1.82) is 0 Å². The van der Waals surface area contributed by atoms with E-state index in [-0.39, 0.29) is 12.5 Å². The highest BCUT2D eigenvalue weighted by Gasteiger charge is 2.20. The van der Waals surface area contributed by atoms with Crippen LogP contribution >= 0.6 is 0 Å². The molecule has 4 aromatic rings. The average molecular weight is 518 g/mol. The first kappa shape index (κ1) is 26.5. The Hall–Kier alpha value is -4.58. The fraction of sp³-hybridized carbons (Fsp3) is 0.308. The van der Waals surface area contributed by atoms with Gasteiger partial charge in [-0.1, -0.05) is 6.07 Å². The van der Waals surface area contributed by atoms with Crippen LogP contribution in [0.4, 0.5) is 23.0 Å². The molecule has 0 aliphatic rings.